The number of benzene rings is 1. The van der Waals surface area contributed by atoms with E-state index in [0.717, 1.165) is 12.8 Å². The Hall–Kier alpha value is -0.0900. The van der Waals surface area contributed by atoms with Crippen LogP contribution in [0.3, 0.4) is 0 Å². The van der Waals surface area contributed by atoms with E-state index in [0.29, 0.717) is 0 Å². The van der Waals surface area contributed by atoms with Crippen molar-refractivity contribution in [2.75, 3.05) is 0 Å². The van der Waals surface area contributed by atoms with Crippen molar-refractivity contribution in [3.8, 4) is 0 Å². The third kappa shape index (κ3) is 2.95. The molecule has 0 aliphatic rings. The van der Waals surface area contributed by atoms with E-state index in [9.17, 15) is 0 Å². The van der Waals surface area contributed by atoms with Crippen LogP contribution in [0, 0.1) is 10.5 Å². The molecule has 2 heteroatoms. The Labute approximate surface area is 93.9 Å². The molecule has 0 aliphatic carbocycles. The van der Waals surface area contributed by atoms with Gasteiger partial charge in [0.05, 0.1) is 0 Å². The minimum Gasteiger partial charge on any atom is -0.324 e. The molecule has 1 rings (SSSR count). The number of aryl methyl sites for hydroxylation is 1. The number of halogens is 1. The van der Waals surface area contributed by atoms with E-state index in [-0.39, 0.29) is 6.04 Å². The molecular formula is C11H16IN. The molecule has 0 aromatic heterocycles. The van der Waals surface area contributed by atoms with Crippen molar-refractivity contribution in [2.45, 2.75) is 32.7 Å². The third-order valence-corrected chi connectivity index (χ3v) is 3.39. The van der Waals surface area contributed by atoms with Crippen LogP contribution in [0.5, 0.6) is 0 Å². The van der Waals surface area contributed by atoms with Gasteiger partial charge < -0.3 is 5.73 Å². The summed E-state index contributed by atoms with van der Waals surface area (Å²) in [7, 11) is 0. The van der Waals surface area contributed by atoms with Crippen LogP contribution in [0.1, 0.15) is 36.9 Å². The highest BCUT2D eigenvalue weighted by Crippen LogP contribution is 2.20. The van der Waals surface area contributed by atoms with Gasteiger partial charge in [0, 0.05) is 9.61 Å². The molecule has 1 nitrogen and oxygen atoms in total. The maximum atomic E-state index is 6.02. The molecule has 0 amide bonds. The van der Waals surface area contributed by atoms with Crippen LogP contribution in [0.15, 0.2) is 18.2 Å². The first-order chi connectivity index (χ1) is 6.15. The van der Waals surface area contributed by atoms with Gasteiger partial charge in [-0.05, 0) is 53.1 Å². The van der Waals surface area contributed by atoms with Crippen molar-refractivity contribution in [1.29, 1.82) is 0 Å². The summed E-state index contributed by atoms with van der Waals surface area (Å²) in [4.78, 5) is 0. The molecule has 0 aliphatic heterocycles. The van der Waals surface area contributed by atoms with Crippen LogP contribution < -0.4 is 5.73 Å². The fourth-order valence-electron chi connectivity index (χ4n) is 1.32. The standard InChI is InChI=1S/C11H16IN/c1-3-4-11(13)9-6-5-8(2)10(12)7-9/h5-7,11H,3-4,13H2,1-2H3/t11-/m0/s1. The normalized spacial score (nSPS) is 12.9. The zero-order chi connectivity index (χ0) is 9.84. The lowest BCUT2D eigenvalue weighted by Gasteiger charge is -2.11. The zero-order valence-corrected chi connectivity index (χ0v) is 10.3. The molecular weight excluding hydrogens is 273 g/mol. The SMILES string of the molecule is CCC[C@H](N)c1ccc(C)c(I)c1. The molecule has 0 spiro atoms. The molecule has 0 radical (unpaired) electrons. The van der Waals surface area contributed by atoms with E-state index < -0.39 is 0 Å². The number of hydrogen-bond acceptors (Lipinski definition) is 1. The average molecular weight is 289 g/mol. The molecule has 0 fully saturated rings. The van der Waals surface area contributed by atoms with Crippen LogP contribution in [0.2, 0.25) is 0 Å². The summed E-state index contributed by atoms with van der Waals surface area (Å²) in [6.07, 6.45) is 2.21. The van der Waals surface area contributed by atoms with Crippen LogP contribution in [0.25, 0.3) is 0 Å². The molecule has 0 saturated carbocycles. The Morgan fingerprint density at radius 1 is 1.46 bits per heavy atom. The Morgan fingerprint density at radius 2 is 2.15 bits per heavy atom. The van der Waals surface area contributed by atoms with E-state index in [1.807, 2.05) is 0 Å². The van der Waals surface area contributed by atoms with E-state index in [1.165, 1.54) is 14.7 Å². The molecule has 72 valence electrons. The predicted molar refractivity (Wildman–Crippen MR) is 65.7 cm³/mol. The summed E-state index contributed by atoms with van der Waals surface area (Å²) in [6, 6.07) is 6.68. The predicted octanol–water partition coefficient (Wildman–Crippen LogP) is 3.40. The molecule has 13 heavy (non-hydrogen) atoms. The van der Waals surface area contributed by atoms with Crippen molar-refractivity contribution in [2.24, 2.45) is 5.73 Å². The minimum absolute atomic E-state index is 0.208. The second kappa shape index (κ2) is 4.96. The van der Waals surface area contributed by atoms with Gasteiger partial charge in [0.25, 0.3) is 0 Å². The maximum absolute atomic E-state index is 6.02. The van der Waals surface area contributed by atoms with Crippen LogP contribution in [-0.2, 0) is 0 Å². The Bertz CT molecular complexity index is 283. The fourth-order valence-corrected chi connectivity index (χ4v) is 1.86. The van der Waals surface area contributed by atoms with E-state index >= 15 is 0 Å². The van der Waals surface area contributed by atoms with E-state index in [1.54, 1.807) is 0 Å². The highest BCUT2D eigenvalue weighted by Gasteiger charge is 2.05. The Morgan fingerprint density at radius 3 is 2.69 bits per heavy atom. The summed E-state index contributed by atoms with van der Waals surface area (Å²) >= 11 is 2.36. The maximum Gasteiger partial charge on any atom is 0.0295 e. The first-order valence-corrected chi connectivity index (χ1v) is 5.74. The van der Waals surface area contributed by atoms with Crippen molar-refractivity contribution in [1.82, 2.24) is 0 Å². The van der Waals surface area contributed by atoms with Gasteiger partial charge in [-0.3, -0.25) is 0 Å². The largest absolute Gasteiger partial charge is 0.324 e. The molecule has 0 bridgehead atoms. The number of hydrogen-bond donors (Lipinski definition) is 1. The summed E-state index contributed by atoms with van der Waals surface area (Å²) in [6.45, 7) is 4.29. The number of nitrogens with two attached hydrogens (primary N) is 1. The van der Waals surface area contributed by atoms with E-state index in [2.05, 4.69) is 54.6 Å². The molecule has 1 atom stereocenters. The van der Waals surface area contributed by atoms with Gasteiger partial charge in [-0.25, -0.2) is 0 Å². The van der Waals surface area contributed by atoms with Gasteiger partial charge in [0.2, 0.25) is 0 Å². The van der Waals surface area contributed by atoms with Crippen molar-refractivity contribution >= 4 is 22.6 Å². The quantitative estimate of drug-likeness (QED) is 0.848. The Kier molecular flexibility index (Phi) is 4.19. The van der Waals surface area contributed by atoms with Crippen molar-refractivity contribution in [3.05, 3.63) is 32.9 Å². The van der Waals surface area contributed by atoms with Gasteiger partial charge >= 0.3 is 0 Å². The number of rotatable bonds is 3. The van der Waals surface area contributed by atoms with Crippen LogP contribution >= 0.6 is 22.6 Å². The molecule has 1 aromatic carbocycles. The topological polar surface area (TPSA) is 26.0 Å². The van der Waals surface area contributed by atoms with E-state index in [4.69, 9.17) is 5.73 Å². The lowest BCUT2D eigenvalue weighted by Crippen LogP contribution is -2.09. The lowest BCUT2D eigenvalue weighted by atomic mass is 10.0. The van der Waals surface area contributed by atoms with Crippen LogP contribution in [0.4, 0.5) is 0 Å². The fraction of sp³-hybridized carbons (Fsp3) is 0.455. The summed E-state index contributed by atoms with van der Waals surface area (Å²) < 4.78 is 1.31. The van der Waals surface area contributed by atoms with Gasteiger partial charge in [0.1, 0.15) is 0 Å². The molecule has 1 aromatic rings. The van der Waals surface area contributed by atoms with Crippen LogP contribution in [-0.4, -0.2) is 0 Å². The summed E-state index contributed by atoms with van der Waals surface area (Å²) in [5.41, 5.74) is 8.61. The lowest BCUT2D eigenvalue weighted by molar-refractivity contribution is 0.638. The first-order valence-electron chi connectivity index (χ1n) is 4.66. The molecule has 0 unspecified atom stereocenters. The highest BCUT2D eigenvalue weighted by molar-refractivity contribution is 14.1. The summed E-state index contributed by atoms with van der Waals surface area (Å²) in [5.74, 6) is 0. The first kappa shape index (κ1) is 11.0. The monoisotopic (exact) mass is 289 g/mol. The average Bonchev–Trinajstić information content (AvgIpc) is 2.10. The Balaban J connectivity index is 2.84. The molecule has 2 N–H and O–H groups in total. The van der Waals surface area contributed by atoms with Gasteiger partial charge in [0.15, 0.2) is 0 Å². The smallest absolute Gasteiger partial charge is 0.0295 e. The zero-order valence-electron chi connectivity index (χ0n) is 8.18. The second-order valence-corrected chi connectivity index (χ2v) is 4.57. The molecule has 0 heterocycles. The molecule has 0 saturated heterocycles. The van der Waals surface area contributed by atoms with Gasteiger partial charge in [-0.15, -0.1) is 0 Å². The second-order valence-electron chi connectivity index (χ2n) is 3.40. The highest BCUT2D eigenvalue weighted by atomic mass is 127. The minimum atomic E-state index is 0.208. The third-order valence-electron chi connectivity index (χ3n) is 2.22. The summed E-state index contributed by atoms with van der Waals surface area (Å²) in [5, 5.41) is 0. The van der Waals surface area contributed by atoms with Gasteiger partial charge in [-0.1, -0.05) is 25.5 Å². The van der Waals surface area contributed by atoms with Gasteiger partial charge in [-0.2, -0.15) is 0 Å². The van der Waals surface area contributed by atoms with Crippen molar-refractivity contribution < 1.29 is 0 Å². The van der Waals surface area contributed by atoms with Crippen molar-refractivity contribution in [3.63, 3.8) is 0 Å².